The van der Waals surface area contributed by atoms with E-state index in [1.807, 2.05) is 0 Å². The normalized spacial score (nSPS) is 23.7. The second-order valence-electron chi connectivity index (χ2n) is 4.89. The average molecular weight is 244 g/mol. The molecule has 1 saturated heterocycles. The summed E-state index contributed by atoms with van der Waals surface area (Å²) in [5, 5.41) is 9.17. The molecule has 4 nitrogen and oxygen atoms in total. The molecule has 0 saturated carbocycles. The Kier molecular flexibility index (Phi) is 4.16. The molecule has 2 unspecified atom stereocenters. The number of anilines is 1. The lowest BCUT2D eigenvalue weighted by atomic mass is 9.88. The van der Waals surface area contributed by atoms with Gasteiger partial charge in [-0.3, -0.25) is 4.98 Å². The van der Waals surface area contributed by atoms with Crippen molar-refractivity contribution in [3.63, 3.8) is 0 Å². The van der Waals surface area contributed by atoms with Gasteiger partial charge in [0.1, 0.15) is 6.07 Å². The lowest BCUT2D eigenvalue weighted by molar-refractivity contribution is 0.335. The highest BCUT2D eigenvalue weighted by Crippen LogP contribution is 2.30. The second-order valence-corrected chi connectivity index (χ2v) is 4.89. The van der Waals surface area contributed by atoms with Crippen LogP contribution in [-0.4, -0.2) is 24.1 Å². The van der Waals surface area contributed by atoms with Crippen LogP contribution in [0, 0.1) is 17.2 Å². The minimum atomic E-state index is 0.333. The smallest absolute Gasteiger partial charge is 0.101 e. The van der Waals surface area contributed by atoms with E-state index in [1.54, 1.807) is 18.5 Å². The van der Waals surface area contributed by atoms with Crippen LogP contribution in [0.1, 0.15) is 31.7 Å². The molecule has 96 valence electrons. The van der Waals surface area contributed by atoms with Crippen LogP contribution in [0.15, 0.2) is 18.5 Å². The molecule has 1 aliphatic rings. The van der Waals surface area contributed by atoms with Crippen molar-refractivity contribution in [2.45, 2.75) is 32.2 Å². The van der Waals surface area contributed by atoms with Crippen LogP contribution in [0.5, 0.6) is 0 Å². The minimum absolute atomic E-state index is 0.333. The summed E-state index contributed by atoms with van der Waals surface area (Å²) in [6.45, 7) is 3.84. The van der Waals surface area contributed by atoms with E-state index in [9.17, 15) is 5.26 Å². The molecule has 2 heterocycles. The van der Waals surface area contributed by atoms with Gasteiger partial charge in [0.2, 0.25) is 0 Å². The van der Waals surface area contributed by atoms with E-state index in [0.717, 1.165) is 24.6 Å². The molecule has 2 N–H and O–H groups in total. The van der Waals surface area contributed by atoms with Crippen molar-refractivity contribution in [2.75, 3.05) is 18.0 Å². The summed E-state index contributed by atoms with van der Waals surface area (Å²) >= 11 is 0. The standard InChI is InChI=1S/C14H20N4/c1-2-11-4-6-18(13(7-11)9-16)14-10-17-5-3-12(14)8-15/h3,5,10-11,13H,2,4,6-7,9,16H2,1H3. The number of pyridine rings is 1. The summed E-state index contributed by atoms with van der Waals surface area (Å²) in [6.07, 6.45) is 6.95. The Morgan fingerprint density at radius 1 is 1.61 bits per heavy atom. The maximum Gasteiger partial charge on any atom is 0.101 e. The number of piperidine rings is 1. The highest BCUT2D eigenvalue weighted by molar-refractivity contribution is 5.58. The Morgan fingerprint density at radius 2 is 2.44 bits per heavy atom. The fraction of sp³-hybridized carbons (Fsp3) is 0.571. The van der Waals surface area contributed by atoms with E-state index >= 15 is 0 Å². The van der Waals surface area contributed by atoms with Crippen LogP contribution in [0.25, 0.3) is 0 Å². The number of nitriles is 1. The van der Waals surface area contributed by atoms with Crippen molar-refractivity contribution in [1.82, 2.24) is 4.98 Å². The van der Waals surface area contributed by atoms with E-state index in [-0.39, 0.29) is 0 Å². The zero-order chi connectivity index (χ0) is 13.0. The molecule has 0 amide bonds. The molecule has 0 spiro atoms. The fourth-order valence-electron chi connectivity index (χ4n) is 2.76. The molecule has 1 aliphatic heterocycles. The summed E-state index contributed by atoms with van der Waals surface area (Å²) in [7, 11) is 0. The van der Waals surface area contributed by atoms with Crippen LogP contribution in [0.3, 0.4) is 0 Å². The predicted octanol–water partition coefficient (Wildman–Crippen LogP) is 1.91. The lowest BCUT2D eigenvalue weighted by Crippen LogP contribution is -2.47. The zero-order valence-corrected chi connectivity index (χ0v) is 10.8. The third-order valence-electron chi connectivity index (χ3n) is 3.90. The molecule has 0 aliphatic carbocycles. The van der Waals surface area contributed by atoms with Crippen molar-refractivity contribution >= 4 is 5.69 Å². The first kappa shape index (κ1) is 12.8. The number of hydrogen-bond acceptors (Lipinski definition) is 4. The number of nitrogens with two attached hydrogens (primary N) is 1. The SMILES string of the molecule is CCC1CCN(c2cnccc2C#N)C(CN)C1. The van der Waals surface area contributed by atoms with Crippen molar-refractivity contribution in [1.29, 1.82) is 5.26 Å². The maximum absolute atomic E-state index is 9.17. The fourth-order valence-corrected chi connectivity index (χ4v) is 2.76. The molecule has 0 radical (unpaired) electrons. The van der Waals surface area contributed by atoms with E-state index in [1.165, 1.54) is 12.8 Å². The van der Waals surface area contributed by atoms with Gasteiger partial charge in [-0.05, 0) is 24.8 Å². The Labute approximate surface area is 108 Å². The van der Waals surface area contributed by atoms with E-state index in [0.29, 0.717) is 18.2 Å². The van der Waals surface area contributed by atoms with Gasteiger partial charge in [0, 0.05) is 25.3 Å². The van der Waals surface area contributed by atoms with E-state index < -0.39 is 0 Å². The van der Waals surface area contributed by atoms with Gasteiger partial charge in [-0.2, -0.15) is 5.26 Å². The third-order valence-corrected chi connectivity index (χ3v) is 3.90. The molecule has 2 rings (SSSR count). The first-order valence-electron chi connectivity index (χ1n) is 6.61. The van der Waals surface area contributed by atoms with Crippen LogP contribution in [0.2, 0.25) is 0 Å². The average Bonchev–Trinajstić information content (AvgIpc) is 2.46. The summed E-state index contributed by atoms with van der Waals surface area (Å²) < 4.78 is 0. The molecule has 1 aromatic rings. The molecular weight excluding hydrogens is 224 g/mol. The highest BCUT2D eigenvalue weighted by atomic mass is 15.2. The van der Waals surface area contributed by atoms with Gasteiger partial charge in [0.15, 0.2) is 0 Å². The molecule has 18 heavy (non-hydrogen) atoms. The van der Waals surface area contributed by atoms with Gasteiger partial charge >= 0.3 is 0 Å². The summed E-state index contributed by atoms with van der Waals surface area (Å²) in [6, 6.07) is 4.35. The second kappa shape index (κ2) is 5.83. The van der Waals surface area contributed by atoms with Gasteiger partial charge in [-0.1, -0.05) is 13.3 Å². The summed E-state index contributed by atoms with van der Waals surface area (Å²) in [4.78, 5) is 6.40. The topological polar surface area (TPSA) is 65.9 Å². The van der Waals surface area contributed by atoms with Gasteiger partial charge < -0.3 is 10.6 Å². The first-order valence-corrected chi connectivity index (χ1v) is 6.61. The quantitative estimate of drug-likeness (QED) is 0.882. The molecule has 4 heteroatoms. The summed E-state index contributed by atoms with van der Waals surface area (Å²) in [5.74, 6) is 0.761. The molecular formula is C14H20N4. The van der Waals surface area contributed by atoms with E-state index in [2.05, 4.69) is 22.9 Å². The molecule has 0 bridgehead atoms. The lowest BCUT2D eigenvalue weighted by Gasteiger charge is -2.40. The maximum atomic E-state index is 9.17. The Morgan fingerprint density at radius 3 is 3.11 bits per heavy atom. The van der Waals surface area contributed by atoms with Gasteiger partial charge in [0.25, 0.3) is 0 Å². The first-order chi connectivity index (χ1) is 8.80. The van der Waals surface area contributed by atoms with Gasteiger partial charge in [0.05, 0.1) is 17.4 Å². The molecule has 2 atom stereocenters. The van der Waals surface area contributed by atoms with Gasteiger partial charge in [-0.15, -0.1) is 0 Å². The number of rotatable bonds is 3. The van der Waals surface area contributed by atoms with Crippen molar-refractivity contribution in [2.24, 2.45) is 11.7 Å². The van der Waals surface area contributed by atoms with Crippen molar-refractivity contribution in [3.05, 3.63) is 24.0 Å². The largest absolute Gasteiger partial charge is 0.365 e. The molecule has 1 fully saturated rings. The van der Waals surface area contributed by atoms with Crippen molar-refractivity contribution in [3.8, 4) is 6.07 Å². The van der Waals surface area contributed by atoms with Crippen LogP contribution in [-0.2, 0) is 0 Å². The predicted molar refractivity (Wildman–Crippen MR) is 72.2 cm³/mol. The highest BCUT2D eigenvalue weighted by Gasteiger charge is 2.28. The Bertz CT molecular complexity index is 438. The Balaban J connectivity index is 2.24. The number of nitrogens with zero attached hydrogens (tertiary/aromatic N) is 3. The number of hydrogen-bond donors (Lipinski definition) is 1. The van der Waals surface area contributed by atoms with Crippen LogP contribution >= 0.6 is 0 Å². The Hall–Kier alpha value is -1.60. The minimum Gasteiger partial charge on any atom is -0.365 e. The van der Waals surface area contributed by atoms with E-state index in [4.69, 9.17) is 5.73 Å². The number of aromatic nitrogens is 1. The monoisotopic (exact) mass is 244 g/mol. The van der Waals surface area contributed by atoms with Crippen molar-refractivity contribution < 1.29 is 0 Å². The molecule has 0 aromatic carbocycles. The van der Waals surface area contributed by atoms with Gasteiger partial charge in [-0.25, -0.2) is 0 Å². The summed E-state index contributed by atoms with van der Waals surface area (Å²) in [5.41, 5.74) is 7.52. The molecule has 1 aromatic heterocycles. The third kappa shape index (κ3) is 2.46. The van der Waals surface area contributed by atoms with Crippen LogP contribution < -0.4 is 10.6 Å². The van der Waals surface area contributed by atoms with Crippen LogP contribution in [0.4, 0.5) is 5.69 Å². The zero-order valence-electron chi connectivity index (χ0n) is 10.8.